The molecular weight excluding hydrogens is 650 g/mol. The van der Waals surface area contributed by atoms with Gasteiger partial charge in [-0.25, -0.2) is 0 Å². The molecule has 2 aromatic rings. The van der Waals surface area contributed by atoms with Gasteiger partial charge in [-0.2, -0.15) is 0 Å². The molecule has 0 atom stereocenters. The minimum absolute atomic E-state index is 0. The molecule has 37 heavy (non-hydrogen) atoms. The third-order valence-corrected chi connectivity index (χ3v) is 6.59. The number of rotatable bonds is 2. The number of hydrogen-bond donors (Lipinski definition) is 0. The molecule has 2 aromatic carbocycles. The van der Waals surface area contributed by atoms with E-state index in [0.717, 1.165) is 37.6 Å². The van der Waals surface area contributed by atoms with Crippen LogP contribution in [0.25, 0.3) is 9.95 Å². The Labute approximate surface area is 267 Å². The predicted molar refractivity (Wildman–Crippen MR) is 134 cm³/mol. The summed E-state index contributed by atoms with van der Waals surface area (Å²) in [7, 11) is 0. The number of nitrogens with zero attached hydrogens (tertiary/aromatic N) is 6. The zero-order valence-electron chi connectivity index (χ0n) is 20.6. The van der Waals surface area contributed by atoms with Gasteiger partial charge in [-0.05, 0) is 37.8 Å². The van der Waals surface area contributed by atoms with Crippen LogP contribution in [0.15, 0.2) is 36.4 Å². The summed E-state index contributed by atoms with van der Waals surface area (Å²) < 4.78 is 0. The largest absolute Gasteiger partial charge is 2.00 e. The Hall–Kier alpha value is -0.757. The van der Waals surface area contributed by atoms with Crippen LogP contribution in [0.1, 0.15) is 51.4 Å². The molecule has 0 amide bonds. The van der Waals surface area contributed by atoms with Gasteiger partial charge in [0.05, 0.1) is 33.6 Å². The molecule has 0 bridgehead atoms. The fraction of sp³-hybridized carbons (Fsp3) is 0.500. The van der Waals surface area contributed by atoms with Crippen molar-refractivity contribution in [3.05, 3.63) is 56.4 Å². The number of diazo groups is 2. The van der Waals surface area contributed by atoms with Crippen LogP contribution in [-0.2, 0) is 19.5 Å². The van der Waals surface area contributed by atoms with Gasteiger partial charge in [0.15, 0.2) is 9.95 Å². The summed E-state index contributed by atoms with van der Waals surface area (Å²) >= 11 is 12.4. The Kier molecular flexibility index (Phi) is 24.3. The van der Waals surface area contributed by atoms with Crippen molar-refractivity contribution in [2.24, 2.45) is 0 Å². The molecule has 0 radical (unpaired) electrons. The fourth-order valence-electron chi connectivity index (χ4n) is 4.25. The minimum Gasteiger partial charge on any atom is -1.00 e. The standard InChI is InChI=1S/2C12H15ClN3.4ClH.Zn/c2*13-11-9-10(15-14)5-6-12(11)16-7-3-1-2-4-8-16;;;;;/h2*5-6,9H,1-4,7-8H2;4*1H;/q2*+1;;;;;+2/p-4. The van der Waals surface area contributed by atoms with Gasteiger partial charge >= 0.3 is 30.9 Å². The van der Waals surface area contributed by atoms with Crippen molar-refractivity contribution in [3.63, 3.8) is 0 Å². The molecule has 13 heteroatoms. The normalized spacial score (nSPS) is 14.4. The maximum Gasteiger partial charge on any atom is 2.00 e. The maximum absolute atomic E-state index is 8.66. The molecule has 0 unspecified atom stereocenters. The van der Waals surface area contributed by atoms with E-state index < -0.39 is 0 Å². The molecule has 0 aromatic heterocycles. The van der Waals surface area contributed by atoms with Crippen molar-refractivity contribution in [1.82, 2.24) is 0 Å². The fourth-order valence-corrected chi connectivity index (χ4v) is 4.84. The summed E-state index contributed by atoms with van der Waals surface area (Å²) in [5.41, 5.74) is 3.11. The molecule has 2 heterocycles. The molecule has 0 saturated carbocycles. The Morgan fingerprint density at radius 1 is 0.541 bits per heavy atom. The molecule has 4 rings (SSSR count). The Balaban J connectivity index is -0.000000550. The third kappa shape index (κ3) is 12.8. The van der Waals surface area contributed by atoms with Crippen molar-refractivity contribution >= 4 is 46.0 Å². The SMILES string of the molecule is N#[N+]c1ccc(N2CCCCCC2)c(Cl)c1.N#[N+]c1ccc(N2CCCCCC2)c(Cl)c1.[Cl-].[Cl-].[Cl-].[Cl-].[Zn+2]. The second-order valence-electron chi connectivity index (χ2n) is 8.27. The molecule has 2 fully saturated rings. The average Bonchev–Trinajstić information content (AvgIpc) is 3.25. The summed E-state index contributed by atoms with van der Waals surface area (Å²) in [6.45, 7) is 4.26. The van der Waals surface area contributed by atoms with E-state index in [0.29, 0.717) is 21.4 Å². The minimum atomic E-state index is 0. The van der Waals surface area contributed by atoms with Gasteiger partial charge in [-0.15, -0.1) is 0 Å². The van der Waals surface area contributed by atoms with Crippen LogP contribution in [0.3, 0.4) is 0 Å². The molecule has 2 saturated heterocycles. The molecule has 200 valence electrons. The summed E-state index contributed by atoms with van der Waals surface area (Å²) in [6.07, 6.45) is 10.1. The predicted octanol–water partition coefficient (Wildman–Crippen LogP) is -3.58. The molecule has 0 spiro atoms. The Morgan fingerprint density at radius 3 is 1.08 bits per heavy atom. The van der Waals surface area contributed by atoms with Gasteiger partial charge in [-0.1, -0.05) is 48.9 Å². The summed E-state index contributed by atoms with van der Waals surface area (Å²) in [5.74, 6) is 0. The summed E-state index contributed by atoms with van der Waals surface area (Å²) in [6, 6.07) is 10.8. The number of hydrogen-bond acceptors (Lipinski definition) is 4. The number of anilines is 2. The number of halogens is 6. The zero-order chi connectivity index (χ0) is 22.8. The van der Waals surface area contributed by atoms with Gasteiger partial charge in [0.1, 0.15) is 0 Å². The molecular formula is C24H30Cl6N6Zn. The van der Waals surface area contributed by atoms with Gasteiger partial charge < -0.3 is 59.4 Å². The molecule has 6 nitrogen and oxygen atoms in total. The first-order valence-corrected chi connectivity index (χ1v) is 12.2. The van der Waals surface area contributed by atoms with Crippen LogP contribution in [-0.4, -0.2) is 26.2 Å². The van der Waals surface area contributed by atoms with E-state index in [1.807, 2.05) is 12.1 Å². The van der Waals surface area contributed by atoms with E-state index in [1.165, 1.54) is 51.4 Å². The smallest absolute Gasteiger partial charge is 1.00 e. The second-order valence-corrected chi connectivity index (χ2v) is 9.09. The van der Waals surface area contributed by atoms with E-state index in [-0.39, 0.29) is 69.1 Å². The van der Waals surface area contributed by atoms with Crippen LogP contribution in [0, 0.1) is 10.8 Å². The van der Waals surface area contributed by atoms with Crippen LogP contribution >= 0.6 is 23.2 Å². The second kappa shape index (κ2) is 22.1. The van der Waals surface area contributed by atoms with E-state index >= 15 is 0 Å². The zero-order valence-corrected chi connectivity index (χ0v) is 28.1. The van der Waals surface area contributed by atoms with E-state index in [9.17, 15) is 0 Å². The summed E-state index contributed by atoms with van der Waals surface area (Å²) in [4.78, 5) is 10.9. The third-order valence-electron chi connectivity index (χ3n) is 5.99. The van der Waals surface area contributed by atoms with Crippen molar-refractivity contribution in [1.29, 1.82) is 10.8 Å². The van der Waals surface area contributed by atoms with Crippen LogP contribution in [0.5, 0.6) is 0 Å². The first-order chi connectivity index (χ1) is 15.6. The van der Waals surface area contributed by atoms with Gasteiger partial charge in [0.2, 0.25) is 10.8 Å². The molecule has 2 aliphatic heterocycles. The van der Waals surface area contributed by atoms with Crippen molar-refractivity contribution in [3.8, 4) is 0 Å². The van der Waals surface area contributed by atoms with Gasteiger partial charge in [0.25, 0.3) is 0 Å². The van der Waals surface area contributed by atoms with Gasteiger partial charge in [0, 0.05) is 38.3 Å². The monoisotopic (exact) mass is 676 g/mol. The van der Waals surface area contributed by atoms with Crippen molar-refractivity contribution < 1.29 is 69.1 Å². The Morgan fingerprint density at radius 2 is 0.838 bits per heavy atom. The van der Waals surface area contributed by atoms with Crippen LogP contribution in [0.4, 0.5) is 22.7 Å². The molecule has 0 N–H and O–H groups in total. The molecule has 0 aliphatic carbocycles. The van der Waals surface area contributed by atoms with E-state index in [4.69, 9.17) is 34.0 Å². The van der Waals surface area contributed by atoms with Gasteiger partial charge in [-0.3, -0.25) is 0 Å². The maximum atomic E-state index is 8.66. The quantitative estimate of drug-likeness (QED) is 0.244. The summed E-state index contributed by atoms with van der Waals surface area (Å²) in [5, 5.41) is 18.7. The van der Waals surface area contributed by atoms with E-state index in [2.05, 4.69) is 19.8 Å². The number of benzene rings is 2. The Bertz CT molecular complexity index is 905. The first kappa shape index (κ1) is 40.7. The average molecular weight is 681 g/mol. The first-order valence-electron chi connectivity index (χ1n) is 11.4. The topological polar surface area (TPSA) is 62.8 Å². The van der Waals surface area contributed by atoms with Crippen molar-refractivity contribution in [2.45, 2.75) is 51.4 Å². The van der Waals surface area contributed by atoms with Crippen LogP contribution in [0.2, 0.25) is 10.0 Å². The van der Waals surface area contributed by atoms with Crippen molar-refractivity contribution in [2.75, 3.05) is 36.0 Å². The van der Waals surface area contributed by atoms with E-state index in [1.54, 1.807) is 24.3 Å². The molecule has 2 aliphatic rings. The van der Waals surface area contributed by atoms with Crippen LogP contribution < -0.4 is 59.4 Å².